The Morgan fingerprint density at radius 1 is 1.00 bits per heavy atom. The molecular weight excluding hydrogens is 338 g/mol. The molecule has 5 nitrogen and oxygen atoms in total. The van der Waals surface area contributed by atoms with Crippen LogP contribution in [0.1, 0.15) is 12.8 Å². The van der Waals surface area contributed by atoms with Crippen LogP contribution in [0.3, 0.4) is 0 Å². The Balaban J connectivity index is 1.34. The zero-order valence-electron chi connectivity index (χ0n) is 15.2. The zero-order chi connectivity index (χ0) is 18.2. The largest absolute Gasteiger partial charge is 0.474 e. The van der Waals surface area contributed by atoms with E-state index in [1.807, 2.05) is 24.5 Å². The summed E-state index contributed by atoms with van der Waals surface area (Å²) in [5.74, 6) is 1.31. The average Bonchev–Trinajstić information content (AvgIpc) is 3.05. The van der Waals surface area contributed by atoms with Crippen molar-refractivity contribution in [3.8, 4) is 17.0 Å². The fourth-order valence-corrected chi connectivity index (χ4v) is 3.86. The number of fused-ring (bicyclic) bond motifs is 3. The van der Waals surface area contributed by atoms with Gasteiger partial charge in [0.2, 0.25) is 5.88 Å². The number of aromatic nitrogens is 3. The van der Waals surface area contributed by atoms with Crippen molar-refractivity contribution in [1.29, 1.82) is 0 Å². The van der Waals surface area contributed by atoms with Crippen LogP contribution in [0.5, 0.6) is 5.88 Å². The molecule has 4 aromatic rings. The van der Waals surface area contributed by atoms with Gasteiger partial charge in [-0.2, -0.15) is 0 Å². The number of H-pyrrole nitrogens is 1. The Morgan fingerprint density at radius 2 is 1.89 bits per heavy atom. The van der Waals surface area contributed by atoms with Crippen molar-refractivity contribution < 1.29 is 9.47 Å². The molecule has 0 amide bonds. The minimum atomic E-state index is 0.264. The number of nitrogens with one attached hydrogen (secondary N) is 1. The summed E-state index contributed by atoms with van der Waals surface area (Å²) in [5, 5.41) is 2.33. The second-order valence-corrected chi connectivity index (χ2v) is 7.22. The molecule has 3 heterocycles. The lowest BCUT2D eigenvalue weighted by Gasteiger charge is -2.34. The molecule has 1 fully saturated rings. The van der Waals surface area contributed by atoms with Crippen LogP contribution in [0.2, 0.25) is 0 Å². The van der Waals surface area contributed by atoms with Crippen LogP contribution >= 0.6 is 0 Å². The lowest BCUT2D eigenvalue weighted by Crippen LogP contribution is -2.36. The first-order valence-corrected chi connectivity index (χ1v) is 9.27. The summed E-state index contributed by atoms with van der Waals surface area (Å²) >= 11 is 0. The molecule has 1 saturated carbocycles. The minimum Gasteiger partial charge on any atom is -0.474 e. The number of aromatic amines is 1. The summed E-state index contributed by atoms with van der Waals surface area (Å²) in [6.45, 7) is 0.818. The van der Waals surface area contributed by atoms with Gasteiger partial charge in [0.05, 0.1) is 0 Å². The Labute approximate surface area is 157 Å². The summed E-state index contributed by atoms with van der Waals surface area (Å²) in [6, 6.07) is 12.5. The molecule has 136 valence electrons. The molecule has 0 aliphatic heterocycles. The van der Waals surface area contributed by atoms with Gasteiger partial charge in [-0.1, -0.05) is 12.1 Å². The summed E-state index contributed by atoms with van der Waals surface area (Å²) in [6.07, 6.45) is 7.94. The van der Waals surface area contributed by atoms with E-state index in [0.717, 1.165) is 47.0 Å². The van der Waals surface area contributed by atoms with Crippen molar-refractivity contribution in [2.45, 2.75) is 18.9 Å². The summed E-state index contributed by atoms with van der Waals surface area (Å²) in [7, 11) is 1.75. The molecule has 0 spiro atoms. The van der Waals surface area contributed by atoms with Crippen molar-refractivity contribution in [2.24, 2.45) is 5.92 Å². The third-order valence-corrected chi connectivity index (χ3v) is 5.35. The minimum absolute atomic E-state index is 0.264. The van der Waals surface area contributed by atoms with E-state index in [-0.39, 0.29) is 6.10 Å². The van der Waals surface area contributed by atoms with Gasteiger partial charge >= 0.3 is 0 Å². The number of hydrogen-bond donors (Lipinski definition) is 1. The van der Waals surface area contributed by atoms with Crippen molar-refractivity contribution in [3.63, 3.8) is 0 Å². The van der Waals surface area contributed by atoms with Crippen molar-refractivity contribution in [3.05, 3.63) is 55.0 Å². The van der Waals surface area contributed by atoms with E-state index >= 15 is 0 Å². The first-order valence-electron chi connectivity index (χ1n) is 9.27. The highest BCUT2D eigenvalue weighted by Gasteiger charge is 2.30. The van der Waals surface area contributed by atoms with Crippen LogP contribution in [0.25, 0.3) is 32.9 Å². The average molecular weight is 359 g/mol. The molecule has 3 aromatic heterocycles. The van der Waals surface area contributed by atoms with Crippen molar-refractivity contribution in [2.75, 3.05) is 13.7 Å². The molecule has 1 N–H and O–H groups in total. The quantitative estimate of drug-likeness (QED) is 0.566. The SMILES string of the molecule is COCC1CC(Oc2ccc(-c3ccc4c(c3)[nH]c3ccncc34)cn2)C1. The van der Waals surface area contributed by atoms with Crippen LogP contribution in [0, 0.1) is 5.92 Å². The van der Waals surface area contributed by atoms with Crippen LogP contribution in [0.15, 0.2) is 55.0 Å². The number of ether oxygens (including phenoxy) is 2. The summed E-state index contributed by atoms with van der Waals surface area (Å²) in [4.78, 5) is 12.2. The first kappa shape index (κ1) is 16.3. The van der Waals surface area contributed by atoms with Crippen LogP contribution in [0.4, 0.5) is 0 Å². The van der Waals surface area contributed by atoms with Crippen LogP contribution < -0.4 is 4.74 Å². The number of methoxy groups -OCH3 is 1. The van der Waals surface area contributed by atoms with Gasteiger partial charge in [0.15, 0.2) is 0 Å². The maximum atomic E-state index is 5.95. The standard InChI is InChI=1S/C22H21N3O2/c1-26-13-14-8-17(9-14)27-22-5-3-16(11-24-22)15-2-4-18-19-12-23-7-6-20(19)25-21(18)10-15/h2-7,10-12,14,17,25H,8-9,13H2,1H3. The van der Waals surface area contributed by atoms with Crippen molar-refractivity contribution in [1.82, 2.24) is 15.0 Å². The third-order valence-electron chi connectivity index (χ3n) is 5.35. The van der Waals surface area contributed by atoms with Gasteiger partial charge in [-0.15, -0.1) is 0 Å². The van der Waals surface area contributed by atoms with Gasteiger partial charge in [0.25, 0.3) is 0 Å². The number of rotatable bonds is 5. The van der Waals surface area contributed by atoms with E-state index in [1.54, 1.807) is 13.3 Å². The molecule has 0 radical (unpaired) electrons. The van der Waals surface area contributed by atoms with E-state index < -0.39 is 0 Å². The highest BCUT2D eigenvalue weighted by atomic mass is 16.5. The Hall–Kier alpha value is -2.92. The molecule has 0 bridgehead atoms. The van der Waals surface area contributed by atoms with E-state index in [2.05, 4.69) is 39.2 Å². The number of nitrogens with zero attached hydrogens (tertiary/aromatic N) is 2. The normalized spacial score (nSPS) is 19.3. The van der Waals surface area contributed by atoms with E-state index in [4.69, 9.17) is 9.47 Å². The molecule has 0 saturated heterocycles. The first-order chi connectivity index (χ1) is 13.3. The molecule has 1 aliphatic rings. The van der Waals surface area contributed by atoms with Gasteiger partial charge in [-0.25, -0.2) is 4.98 Å². The van der Waals surface area contributed by atoms with Crippen LogP contribution in [-0.2, 0) is 4.74 Å². The maximum absolute atomic E-state index is 5.95. The number of hydrogen-bond acceptors (Lipinski definition) is 4. The molecular formula is C22H21N3O2. The second-order valence-electron chi connectivity index (χ2n) is 7.22. The molecule has 5 rings (SSSR count). The topological polar surface area (TPSA) is 60.0 Å². The predicted octanol–water partition coefficient (Wildman–Crippen LogP) is 4.58. The predicted molar refractivity (Wildman–Crippen MR) is 106 cm³/mol. The highest BCUT2D eigenvalue weighted by molar-refractivity contribution is 6.07. The Kier molecular flexibility index (Phi) is 4.02. The Bertz CT molecular complexity index is 1080. The van der Waals surface area contributed by atoms with Gasteiger partial charge < -0.3 is 14.5 Å². The van der Waals surface area contributed by atoms with Gasteiger partial charge in [-0.3, -0.25) is 4.98 Å². The number of benzene rings is 1. The van der Waals surface area contributed by atoms with E-state index in [1.165, 1.54) is 5.39 Å². The third kappa shape index (κ3) is 3.04. The molecule has 5 heteroatoms. The van der Waals surface area contributed by atoms with Gasteiger partial charge in [-0.05, 0) is 42.5 Å². The van der Waals surface area contributed by atoms with Gasteiger partial charge in [0.1, 0.15) is 6.10 Å². The molecule has 27 heavy (non-hydrogen) atoms. The summed E-state index contributed by atoms with van der Waals surface area (Å²) in [5.41, 5.74) is 4.41. The highest BCUT2D eigenvalue weighted by Crippen LogP contribution is 2.32. The zero-order valence-corrected chi connectivity index (χ0v) is 15.2. The Morgan fingerprint density at radius 3 is 2.70 bits per heavy atom. The van der Waals surface area contributed by atoms with Crippen LogP contribution in [-0.4, -0.2) is 34.8 Å². The monoisotopic (exact) mass is 359 g/mol. The summed E-state index contributed by atoms with van der Waals surface area (Å²) < 4.78 is 11.1. The number of pyridine rings is 2. The fourth-order valence-electron chi connectivity index (χ4n) is 3.86. The second kappa shape index (κ2) is 6.67. The fraction of sp³-hybridized carbons (Fsp3) is 0.273. The lowest BCUT2D eigenvalue weighted by molar-refractivity contribution is 0.0158. The molecule has 0 atom stereocenters. The lowest BCUT2D eigenvalue weighted by atomic mass is 9.83. The molecule has 0 unspecified atom stereocenters. The van der Waals surface area contributed by atoms with Crippen molar-refractivity contribution >= 4 is 21.8 Å². The van der Waals surface area contributed by atoms with E-state index in [9.17, 15) is 0 Å². The van der Waals surface area contributed by atoms with E-state index in [0.29, 0.717) is 11.8 Å². The van der Waals surface area contributed by atoms with Gasteiger partial charge in [0, 0.05) is 65.7 Å². The maximum Gasteiger partial charge on any atom is 0.213 e. The molecule has 1 aliphatic carbocycles. The molecule has 1 aromatic carbocycles. The smallest absolute Gasteiger partial charge is 0.213 e.